The molecule has 0 saturated heterocycles. The SMILES string of the molecule is Cc1cn(-c2cccnc2)nn1. The first kappa shape index (κ1) is 6.97. The summed E-state index contributed by atoms with van der Waals surface area (Å²) in [5.41, 5.74) is 1.83. The second kappa shape index (κ2) is 2.73. The van der Waals surface area contributed by atoms with Crippen LogP contribution in [0.25, 0.3) is 5.69 Å². The van der Waals surface area contributed by atoms with Gasteiger partial charge in [0.25, 0.3) is 0 Å². The van der Waals surface area contributed by atoms with Crippen molar-refractivity contribution in [3.63, 3.8) is 0 Å². The van der Waals surface area contributed by atoms with Crippen molar-refractivity contribution in [2.24, 2.45) is 0 Å². The Morgan fingerprint density at radius 2 is 2.33 bits per heavy atom. The van der Waals surface area contributed by atoms with Crippen LogP contribution in [0.1, 0.15) is 5.69 Å². The molecule has 0 aliphatic carbocycles. The maximum absolute atomic E-state index is 3.98. The van der Waals surface area contributed by atoms with E-state index in [1.165, 1.54) is 0 Å². The summed E-state index contributed by atoms with van der Waals surface area (Å²) in [4.78, 5) is 3.98. The van der Waals surface area contributed by atoms with Gasteiger partial charge in [-0.1, -0.05) is 5.21 Å². The van der Waals surface area contributed by atoms with Crippen LogP contribution in [0.2, 0.25) is 0 Å². The monoisotopic (exact) mass is 160 g/mol. The largest absolute Gasteiger partial charge is 0.262 e. The van der Waals surface area contributed by atoms with E-state index in [4.69, 9.17) is 0 Å². The van der Waals surface area contributed by atoms with Crippen LogP contribution in [0, 0.1) is 6.92 Å². The van der Waals surface area contributed by atoms with Crippen molar-refractivity contribution in [3.05, 3.63) is 36.4 Å². The molecule has 0 bridgehead atoms. The van der Waals surface area contributed by atoms with E-state index in [-0.39, 0.29) is 0 Å². The summed E-state index contributed by atoms with van der Waals surface area (Å²) in [6, 6.07) is 3.80. The van der Waals surface area contributed by atoms with E-state index >= 15 is 0 Å². The molecule has 0 unspecified atom stereocenters. The number of aromatic nitrogens is 4. The van der Waals surface area contributed by atoms with Crippen molar-refractivity contribution in [1.82, 2.24) is 20.0 Å². The second-order valence-corrected chi connectivity index (χ2v) is 2.52. The molecule has 0 amide bonds. The van der Waals surface area contributed by atoms with Gasteiger partial charge in [0.05, 0.1) is 23.8 Å². The Bertz CT molecular complexity index is 366. The maximum Gasteiger partial charge on any atom is 0.0846 e. The molecule has 2 aromatic rings. The molecule has 0 aromatic carbocycles. The molecule has 0 N–H and O–H groups in total. The highest BCUT2D eigenvalue weighted by atomic mass is 15.4. The highest BCUT2D eigenvalue weighted by Crippen LogP contribution is 2.02. The minimum Gasteiger partial charge on any atom is -0.262 e. The van der Waals surface area contributed by atoms with Crippen LogP contribution in [-0.2, 0) is 0 Å². The molecular weight excluding hydrogens is 152 g/mol. The molecule has 0 radical (unpaired) electrons. The fraction of sp³-hybridized carbons (Fsp3) is 0.125. The van der Waals surface area contributed by atoms with Crippen molar-refractivity contribution in [2.45, 2.75) is 6.92 Å². The minimum absolute atomic E-state index is 0.902. The van der Waals surface area contributed by atoms with Crippen LogP contribution in [0.5, 0.6) is 0 Å². The van der Waals surface area contributed by atoms with Crippen LogP contribution in [0.15, 0.2) is 30.7 Å². The Kier molecular flexibility index (Phi) is 1.59. The van der Waals surface area contributed by atoms with Crippen LogP contribution in [0.3, 0.4) is 0 Å². The van der Waals surface area contributed by atoms with Gasteiger partial charge in [0.1, 0.15) is 0 Å². The summed E-state index contributed by atoms with van der Waals surface area (Å²) < 4.78 is 1.70. The minimum atomic E-state index is 0.902. The molecule has 0 atom stereocenters. The van der Waals surface area contributed by atoms with Crippen molar-refractivity contribution in [3.8, 4) is 5.69 Å². The molecule has 0 saturated carbocycles. The zero-order valence-corrected chi connectivity index (χ0v) is 6.68. The summed E-state index contributed by atoms with van der Waals surface area (Å²) in [7, 11) is 0. The number of hydrogen-bond acceptors (Lipinski definition) is 3. The smallest absolute Gasteiger partial charge is 0.0846 e. The molecule has 0 spiro atoms. The lowest BCUT2D eigenvalue weighted by Crippen LogP contribution is -1.94. The molecular formula is C8H8N4. The molecule has 0 aliphatic heterocycles. The van der Waals surface area contributed by atoms with Gasteiger partial charge < -0.3 is 0 Å². The van der Waals surface area contributed by atoms with E-state index in [9.17, 15) is 0 Å². The van der Waals surface area contributed by atoms with Gasteiger partial charge in [0, 0.05) is 6.20 Å². The predicted octanol–water partition coefficient (Wildman–Crippen LogP) is 0.971. The van der Waals surface area contributed by atoms with E-state index in [2.05, 4.69) is 15.3 Å². The topological polar surface area (TPSA) is 43.6 Å². The van der Waals surface area contributed by atoms with Crippen molar-refractivity contribution in [2.75, 3.05) is 0 Å². The average Bonchev–Trinajstić information content (AvgIpc) is 2.54. The molecule has 2 aromatic heterocycles. The van der Waals surface area contributed by atoms with Gasteiger partial charge in [-0.05, 0) is 19.1 Å². The van der Waals surface area contributed by atoms with Gasteiger partial charge in [0.2, 0.25) is 0 Å². The van der Waals surface area contributed by atoms with Gasteiger partial charge in [-0.15, -0.1) is 5.10 Å². The Labute approximate surface area is 69.9 Å². The lowest BCUT2D eigenvalue weighted by molar-refractivity contribution is 0.797. The lowest BCUT2D eigenvalue weighted by atomic mass is 10.4. The van der Waals surface area contributed by atoms with Crippen molar-refractivity contribution >= 4 is 0 Å². The second-order valence-electron chi connectivity index (χ2n) is 2.52. The Balaban J connectivity index is 2.45. The summed E-state index contributed by atoms with van der Waals surface area (Å²) in [5, 5.41) is 7.79. The molecule has 60 valence electrons. The van der Waals surface area contributed by atoms with Gasteiger partial charge in [0.15, 0.2) is 0 Å². The first-order valence-electron chi connectivity index (χ1n) is 3.65. The van der Waals surface area contributed by atoms with Crippen LogP contribution >= 0.6 is 0 Å². The molecule has 2 rings (SSSR count). The van der Waals surface area contributed by atoms with E-state index in [0.29, 0.717) is 0 Å². The number of aryl methyl sites for hydroxylation is 1. The standard InChI is InChI=1S/C8H8N4/c1-7-6-12(11-10-7)8-3-2-4-9-5-8/h2-6H,1H3. The maximum atomic E-state index is 3.98. The third kappa shape index (κ3) is 1.18. The van der Waals surface area contributed by atoms with E-state index < -0.39 is 0 Å². The average molecular weight is 160 g/mol. The van der Waals surface area contributed by atoms with E-state index in [1.54, 1.807) is 17.1 Å². The van der Waals surface area contributed by atoms with Gasteiger partial charge in [-0.25, -0.2) is 4.68 Å². The lowest BCUT2D eigenvalue weighted by Gasteiger charge is -1.95. The normalized spacial score (nSPS) is 10.1. The van der Waals surface area contributed by atoms with Gasteiger partial charge in [-0.3, -0.25) is 4.98 Å². The molecule has 4 nitrogen and oxygen atoms in total. The molecule has 0 aliphatic rings. The zero-order valence-electron chi connectivity index (χ0n) is 6.68. The summed E-state index contributed by atoms with van der Waals surface area (Å²) in [6.07, 6.45) is 5.33. The molecule has 4 heteroatoms. The van der Waals surface area contributed by atoms with E-state index in [0.717, 1.165) is 11.4 Å². The third-order valence-corrected chi connectivity index (χ3v) is 1.52. The Morgan fingerprint density at radius 3 is 2.92 bits per heavy atom. The number of rotatable bonds is 1. The van der Waals surface area contributed by atoms with Gasteiger partial charge >= 0.3 is 0 Å². The fourth-order valence-corrected chi connectivity index (χ4v) is 0.963. The van der Waals surface area contributed by atoms with Crippen molar-refractivity contribution in [1.29, 1.82) is 0 Å². The highest BCUT2D eigenvalue weighted by molar-refractivity contribution is 5.25. The predicted molar refractivity (Wildman–Crippen MR) is 43.9 cm³/mol. The first-order valence-corrected chi connectivity index (χ1v) is 3.65. The van der Waals surface area contributed by atoms with Crippen LogP contribution in [-0.4, -0.2) is 20.0 Å². The summed E-state index contributed by atoms with van der Waals surface area (Å²) >= 11 is 0. The quantitative estimate of drug-likeness (QED) is 0.624. The number of nitrogens with zero attached hydrogens (tertiary/aromatic N) is 4. The highest BCUT2D eigenvalue weighted by Gasteiger charge is 1.96. The summed E-state index contributed by atoms with van der Waals surface area (Å²) in [5.74, 6) is 0. The fourth-order valence-electron chi connectivity index (χ4n) is 0.963. The Hall–Kier alpha value is -1.71. The Morgan fingerprint density at radius 1 is 1.42 bits per heavy atom. The molecule has 0 fully saturated rings. The first-order chi connectivity index (χ1) is 5.86. The number of hydrogen-bond donors (Lipinski definition) is 0. The summed E-state index contributed by atoms with van der Waals surface area (Å²) in [6.45, 7) is 1.90. The van der Waals surface area contributed by atoms with Crippen LogP contribution < -0.4 is 0 Å². The van der Waals surface area contributed by atoms with Gasteiger partial charge in [-0.2, -0.15) is 0 Å². The third-order valence-electron chi connectivity index (χ3n) is 1.52. The van der Waals surface area contributed by atoms with E-state index in [1.807, 2.05) is 25.3 Å². The molecule has 2 heterocycles. The zero-order chi connectivity index (χ0) is 8.39. The number of pyridine rings is 1. The van der Waals surface area contributed by atoms with Crippen molar-refractivity contribution < 1.29 is 0 Å². The molecule has 12 heavy (non-hydrogen) atoms. The van der Waals surface area contributed by atoms with Crippen LogP contribution in [0.4, 0.5) is 0 Å².